The topological polar surface area (TPSA) is 54.2 Å². The third kappa shape index (κ3) is 4.30. The first kappa shape index (κ1) is 22.1. The van der Waals surface area contributed by atoms with Crippen LogP contribution in [-0.4, -0.2) is 26.7 Å². The molecule has 0 fully saturated rings. The van der Waals surface area contributed by atoms with Crippen LogP contribution in [0.1, 0.15) is 55.3 Å². The quantitative estimate of drug-likeness (QED) is 0.468. The van der Waals surface area contributed by atoms with E-state index in [1.165, 1.54) is 23.3 Å². The molecule has 166 valence electrons. The Morgan fingerprint density at radius 3 is 2.53 bits per heavy atom. The number of allylic oxidation sites excluding steroid dienone is 1. The van der Waals surface area contributed by atoms with E-state index >= 15 is 0 Å². The van der Waals surface area contributed by atoms with Gasteiger partial charge in [-0.2, -0.15) is 4.98 Å². The highest BCUT2D eigenvalue weighted by Crippen LogP contribution is 2.38. The number of halogens is 1. The first-order valence-corrected chi connectivity index (χ1v) is 11.3. The van der Waals surface area contributed by atoms with Crippen molar-refractivity contribution in [3.05, 3.63) is 76.6 Å². The molecule has 2 heterocycles. The lowest BCUT2D eigenvalue weighted by atomic mass is 9.92. The van der Waals surface area contributed by atoms with Gasteiger partial charge in [0.05, 0.1) is 11.6 Å². The molecule has 0 radical (unpaired) electrons. The molecule has 1 atom stereocenters. The number of hydrogen-bond donors (Lipinski definition) is 1. The van der Waals surface area contributed by atoms with Gasteiger partial charge < -0.3 is 14.7 Å². The molecule has 5 nitrogen and oxygen atoms in total. The minimum atomic E-state index is -0.303. The number of nitrogens with zero attached hydrogens (tertiary/aromatic N) is 3. The van der Waals surface area contributed by atoms with Gasteiger partial charge in [-0.3, -0.25) is 0 Å². The maximum absolute atomic E-state index is 13.3. The summed E-state index contributed by atoms with van der Waals surface area (Å²) >= 11 is 5.73. The zero-order chi connectivity index (χ0) is 22.8. The fraction of sp³-hybridized carbons (Fsp3) is 0.320. The minimum Gasteiger partial charge on any atom is -0.351 e. The van der Waals surface area contributed by atoms with E-state index in [4.69, 9.17) is 16.7 Å². The molecule has 2 aromatic carbocycles. The summed E-state index contributed by atoms with van der Waals surface area (Å²) in [6.07, 6.45) is 2.09. The van der Waals surface area contributed by atoms with Crippen LogP contribution in [0, 0.1) is 19.7 Å². The highest BCUT2D eigenvalue weighted by atomic mass is 32.1. The van der Waals surface area contributed by atoms with Gasteiger partial charge in [0.2, 0.25) is 5.82 Å². The first-order chi connectivity index (χ1) is 15.4. The van der Waals surface area contributed by atoms with Gasteiger partial charge >= 0.3 is 0 Å². The van der Waals surface area contributed by atoms with E-state index in [2.05, 4.69) is 59.3 Å². The van der Waals surface area contributed by atoms with Crippen molar-refractivity contribution in [2.75, 3.05) is 6.54 Å². The van der Waals surface area contributed by atoms with Crippen molar-refractivity contribution in [1.29, 1.82) is 0 Å². The SMILES string of the molecule is CCCCN1C(=S)NC(c2ccc(C)c(C)c2)C(c2nc(-c3ccc(F)cc3)no2)=C1C. The molecule has 0 saturated heterocycles. The molecule has 3 aromatic rings. The Bertz CT molecular complexity index is 1170. The molecule has 7 heteroatoms. The fourth-order valence-electron chi connectivity index (χ4n) is 3.89. The zero-order valence-electron chi connectivity index (χ0n) is 18.8. The van der Waals surface area contributed by atoms with E-state index in [0.29, 0.717) is 22.4 Å². The maximum atomic E-state index is 13.3. The molecular formula is C25H27FN4OS. The van der Waals surface area contributed by atoms with Crippen LogP contribution in [0.5, 0.6) is 0 Å². The Morgan fingerprint density at radius 1 is 1.09 bits per heavy atom. The van der Waals surface area contributed by atoms with Crippen molar-refractivity contribution in [2.45, 2.75) is 46.6 Å². The average molecular weight is 451 g/mol. The van der Waals surface area contributed by atoms with E-state index in [-0.39, 0.29) is 11.9 Å². The third-order valence-electron chi connectivity index (χ3n) is 5.95. The summed E-state index contributed by atoms with van der Waals surface area (Å²) in [6, 6.07) is 12.3. The molecule has 0 aliphatic carbocycles. The van der Waals surface area contributed by atoms with Crippen LogP contribution in [0.25, 0.3) is 17.0 Å². The summed E-state index contributed by atoms with van der Waals surface area (Å²) in [5.41, 5.74) is 6.12. The van der Waals surface area contributed by atoms with Crippen LogP contribution >= 0.6 is 12.2 Å². The van der Waals surface area contributed by atoms with Gasteiger partial charge in [-0.1, -0.05) is 36.7 Å². The monoisotopic (exact) mass is 450 g/mol. The standard InChI is InChI=1S/C25H27FN4OS/c1-5-6-13-30-17(4)21(22(27-25(30)32)19-8-7-15(2)16(3)14-19)24-28-23(29-31-24)18-9-11-20(26)12-10-18/h7-12,14,22H,5-6,13H2,1-4H3,(H,27,32). The van der Waals surface area contributed by atoms with Crippen LogP contribution in [0.3, 0.4) is 0 Å². The van der Waals surface area contributed by atoms with Crippen LogP contribution in [0.2, 0.25) is 0 Å². The fourth-order valence-corrected chi connectivity index (χ4v) is 4.23. The van der Waals surface area contributed by atoms with Crippen molar-refractivity contribution in [1.82, 2.24) is 20.4 Å². The molecule has 32 heavy (non-hydrogen) atoms. The second-order valence-corrected chi connectivity index (χ2v) is 8.55. The maximum Gasteiger partial charge on any atom is 0.258 e. The number of benzene rings is 2. The van der Waals surface area contributed by atoms with Crippen molar-refractivity contribution in [3.63, 3.8) is 0 Å². The van der Waals surface area contributed by atoms with Crippen molar-refractivity contribution in [2.24, 2.45) is 0 Å². The molecule has 1 N–H and O–H groups in total. The van der Waals surface area contributed by atoms with Gasteiger partial charge in [-0.05, 0) is 80.4 Å². The predicted molar refractivity (Wildman–Crippen MR) is 128 cm³/mol. The summed E-state index contributed by atoms with van der Waals surface area (Å²) in [5, 5.41) is 8.36. The lowest BCUT2D eigenvalue weighted by Crippen LogP contribution is -2.46. The summed E-state index contributed by atoms with van der Waals surface area (Å²) in [7, 11) is 0. The van der Waals surface area contributed by atoms with Gasteiger partial charge in [-0.25, -0.2) is 4.39 Å². The summed E-state index contributed by atoms with van der Waals surface area (Å²) in [6.45, 7) is 9.22. The number of nitrogens with one attached hydrogen (secondary N) is 1. The largest absolute Gasteiger partial charge is 0.351 e. The molecule has 1 aliphatic rings. The number of hydrogen-bond acceptors (Lipinski definition) is 4. The molecular weight excluding hydrogens is 423 g/mol. The molecule has 0 saturated carbocycles. The van der Waals surface area contributed by atoms with Gasteiger partial charge in [0.25, 0.3) is 5.89 Å². The molecule has 1 unspecified atom stereocenters. The molecule has 0 spiro atoms. The van der Waals surface area contributed by atoms with Gasteiger partial charge in [-0.15, -0.1) is 0 Å². The lowest BCUT2D eigenvalue weighted by molar-refractivity contribution is 0.395. The van der Waals surface area contributed by atoms with Crippen molar-refractivity contribution in [3.8, 4) is 11.4 Å². The second-order valence-electron chi connectivity index (χ2n) is 8.16. The van der Waals surface area contributed by atoms with E-state index < -0.39 is 0 Å². The first-order valence-electron chi connectivity index (χ1n) is 10.8. The number of thiocarbonyl (C=S) groups is 1. The molecule has 0 amide bonds. The Kier molecular flexibility index (Phi) is 6.37. The highest BCUT2D eigenvalue weighted by Gasteiger charge is 2.34. The highest BCUT2D eigenvalue weighted by molar-refractivity contribution is 7.80. The van der Waals surface area contributed by atoms with Gasteiger partial charge in [0.1, 0.15) is 5.82 Å². The third-order valence-corrected chi connectivity index (χ3v) is 6.29. The summed E-state index contributed by atoms with van der Waals surface area (Å²) in [5.74, 6) is 0.552. The molecule has 1 aliphatic heterocycles. The smallest absolute Gasteiger partial charge is 0.258 e. The number of aryl methyl sites for hydroxylation is 2. The number of aromatic nitrogens is 2. The molecule has 1 aromatic heterocycles. The number of unbranched alkanes of at least 4 members (excludes halogenated alkanes) is 1. The van der Waals surface area contributed by atoms with Crippen LogP contribution in [0.15, 0.2) is 52.7 Å². The summed E-state index contributed by atoms with van der Waals surface area (Å²) in [4.78, 5) is 6.78. The Hall–Kier alpha value is -3.06. The van der Waals surface area contributed by atoms with Crippen LogP contribution in [0.4, 0.5) is 4.39 Å². The van der Waals surface area contributed by atoms with Crippen LogP contribution < -0.4 is 5.32 Å². The normalized spacial score (nSPS) is 16.5. The molecule has 0 bridgehead atoms. The minimum absolute atomic E-state index is 0.207. The van der Waals surface area contributed by atoms with Crippen molar-refractivity contribution >= 4 is 22.9 Å². The lowest BCUT2D eigenvalue weighted by Gasteiger charge is -2.37. The molecule has 4 rings (SSSR count). The summed E-state index contributed by atoms with van der Waals surface area (Å²) < 4.78 is 19.1. The van der Waals surface area contributed by atoms with Crippen LogP contribution in [-0.2, 0) is 0 Å². The van der Waals surface area contributed by atoms with E-state index in [1.54, 1.807) is 12.1 Å². The second kappa shape index (κ2) is 9.20. The predicted octanol–water partition coefficient (Wildman–Crippen LogP) is 5.96. The number of rotatable bonds is 6. The van der Waals surface area contributed by atoms with E-state index in [1.807, 2.05) is 6.92 Å². The van der Waals surface area contributed by atoms with E-state index in [9.17, 15) is 4.39 Å². The Balaban J connectivity index is 1.80. The average Bonchev–Trinajstić information content (AvgIpc) is 3.25. The zero-order valence-corrected chi connectivity index (χ0v) is 19.6. The van der Waals surface area contributed by atoms with Crippen molar-refractivity contribution < 1.29 is 8.91 Å². The van der Waals surface area contributed by atoms with Gasteiger partial charge in [0, 0.05) is 17.8 Å². The van der Waals surface area contributed by atoms with Gasteiger partial charge in [0.15, 0.2) is 5.11 Å². The Morgan fingerprint density at radius 2 is 1.84 bits per heavy atom. The Labute approximate surface area is 193 Å². The van der Waals surface area contributed by atoms with E-state index in [0.717, 1.165) is 36.2 Å².